The molecule has 0 aliphatic carbocycles. The quantitative estimate of drug-likeness (QED) is 0.803. The van der Waals surface area contributed by atoms with Crippen LogP contribution in [0.25, 0.3) is 0 Å². The molecule has 1 aromatic heterocycles. The van der Waals surface area contributed by atoms with Gasteiger partial charge in [-0.25, -0.2) is 13.4 Å². The molecule has 1 aliphatic rings. The Bertz CT molecular complexity index is 563. The van der Waals surface area contributed by atoms with Gasteiger partial charge in [-0.1, -0.05) is 20.8 Å². The van der Waals surface area contributed by atoms with Crippen molar-refractivity contribution in [3.63, 3.8) is 0 Å². The zero-order valence-corrected chi connectivity index (χ0v) is 13.3. The van der Waals surface area contributed by atoms with Gasteiger partial charge in [0.2, 0.25) is 9.05 Å². The summed E-state index contributed by atoms with van der Waals surface area (Å²) < 4.78 is 25.0. The van der Waals surface area contributed by atoms with Gasteiger partial charge in [-0.15, -0.1) is 0 Å². The molecule has 0 N–H and O–H groups in total. The summed E-state index contributed by atoms with van der Waals surface area (Å²) in [5, 5.41) is 0. The second-order valence-corrected chi connectivity index (χ2v) is 8.46. The van der Waals surface area contributed by atoms with E-state index in [1.54, 1.807) is 0 Å². The number of hydrogen-bond acceptors (Lipinski definition) is 3. The van der Waals surface area contributed by atoms with Crippen molar-refractivity contribution in [2.75, 3.05) is 0 Å². The Kier molecular flexibility index (Phi) is 4.26. The topological polar surface area (TPSA) is 52.0 Å². The van der Waals surface area contributed by atoms with Crippen molar-refractivity contribution in [1.82, 2.24) is 9.55 Å². The molecule has 0 bridgehead atoms. The Labute approximate surface area is 119 Å². The van der Waals surface area contributed by atoms with E-state index in [0.29, 0.717) is 5.92 Å². The maximum absolute atomic E-state index is 11.5. The monoisotopic (exact) mass is 304 g/mol. The van der Waals surface area contributed by atoms with Crippen molar-refractivity contribution in [1.29, 1.82) is 0 Å². The first-order valence-electron chi connectivity index (χ1n) is 6.80. The van der Waals surface area contributed by atoms with E-state index in [9.17, 15) is 8.42 Å². The zero-order chi connectivity index (χ0) is 14.2. The van der Waals surface area contributed by atoms with E-state index in [0.717, 1.165) is 43.0 Å². The lowest BCUT2D eigenvalue weighted by Gasteiger charge is -2.18. The van der Waals surface area contributed by atoms with Gasteiger partial charge in [-0.2, -0.15) is 0 Å². The fourth-order valence-corrected chi connectivity index (χ4v) is 3.50. The largest absolute Gasteiger partial charge is 0.331 e. The van der Waals surface area contributed by atoms with Gasteiger partial charge in [-0.05, 0) is 18.8 Å². The van der Waals surface area contributed by atoms with Gasteiger partial charge in [-0.3, -0.25) is 0 Å². The Morgan fingerprint density at radius 1 is 1.32 bits per heavy atom. The standard InChI is InChI=1S/C13H21ClN2O2S/c1-9(2)10(3)13-11(8-19(14,17)18)16-7-5-4-6-12(16)15-13/h9-10H,4-8H2,1-3H3/t10-/m1/s1. The predicted molar refractivity (Wildman–Crippen MR) is 76.9 cm³/mol. The summed E-state index contributed by atoms with van der Waals surface area (Å²) >= 11 is 0. The molecule has 6 heteroatoms. The lowest BCUT2D eigenvalue weighted by atomic mass is 9.93. The first kappa shape index (κ1) is 14.9. The molecule has 0 fully saturated rings. The average Bonchev–Trinajstić information content (AvgIpc) is 2.65. The number of hydrogen-bond donors (Lipinski definition) is 0. The lowest BCUT2D eigenvalue weighted by Crippen LogP contribution is -2.15. The molecule has 4 nitrogen and oxygen atoms in total. The van der Waals surface area contributed by atoms with E-state index in [-0.39, 0.29) is 11.7 Å². The van der Waals surface area contributed by atoms with Gasteiger partial charge in [0.25, 0.3) is 0 Å². The third kappa shape index (κ3) is 3.31. The van der Waals surface area contributed by atoms with Crippen molar-refractivity contribution in [2.45, 2.75) is 58.2 Å². The van der Waals surface area contributed by atoms with Gasteiger partial charge in [0.15, 0.2) is 0 Å². The summed E-state index contributed by atoms with van der Waals surface area (Å²) in [6.07, 6.45) is 3.13. The molecule has 0 amide bonds. The number of halogens is 1. The maximum atomic E-state index is 11.5. The number of aryl methyl sites for hydroxylation is 1. The molecular weight excluding hydrogens is 284 g/mol. The smallest absolute Gasteiger partial charge is 0.238 e. The molecule has 0 radical (unpaired) electrons. The minimum atomic E-state index is -3.55. The number of imidazole rings is 1. The Hall–Kier alpha value is -0.550. The van der Waals surface area contributed by atoms with Crippen LogP contribution in [-0.4, -0.2) is 18.0 Å². The second-order valence-electron chi connectivity index (χ2n) is 5.68. The van der Waals surface area contributed by atoms with Crippen LogP contribution in [0.2, 0.25) is 0 Å². The molecule has 0 aromatic carbocycles. The van der Waals surface area contributed by atoms with Gasteiger partial charge in [0.1, 0.15) is 11.6 Å². The van der Waals surface area contributed by atoms with Crippen molar-refractivity contribution >= 4 is 19.7 Å². The molecule has 0 unspecified atom stereocenters. The lowest BCUT2D eigenvalue weighted by molar-refractivity contribution is 0.509. The van der Waals surface area contributed by atoms with Gasteiger partial charge < -0.3 is 4.57 Å². The minimum absolute atomic E-state index is 0.117. The highest BCUT2D eigenvalue weighted by Gasteiger charge is 2.26. The molecule has 2 rings (SSSR count). The van der Waals surface area contributed by atoms with Gasteiger partial charge >= 0.3 is 0 Å². The van der Waals surface area contributed by atoms with Crippen molar-refractivity contribution in [3.05, 3.63) is 17.2 Å². The fraction of sp³-hybridized carbons (Fsp3) is 0.769. The van der Waals surface area contributed by atoms with Crippen LogP contribution in [0.4, 0.5) is 0 Å². The Morgan fingerprint density at radius 2 is 2.00 bits per heavy atom. The van der Waals surface area contributed by atoms with Crippen LogP contribution in [0.15, 0.2) is 0 Å². The second kappa shape index (κ2) is 5.44. The first-order chi connectivity index (χ1) is 8.79. The number of fused-ring (bicyclic) bond motifs is 1. The van der Waals surface area contributed by atoms with Crippen molar-refractivity contribution < 1.29 is 8.42 Å². The molecule has 108 valence electrons. The molecule has 0 saturated carbocycles. The summed E-state index contributed by atoms with van der Waals surface area (Å²) in [4.78, 5) is 4.70. The molecule has 1 atom stereocenters. The Morgan fingerprint density at radius 3 is 2.58 bits per heavy atom. The highest BCUT2D eigenvalue weighted by Crippen LogP contribution is 2.31. The molecule has 0 saturated heterocycles. The van der Waals surface area contributed by atoms with Crippen LogP contribution in [-0.2, 0) is 27.8 Å². The summed E-state index contributed by atoms with van der Waals surface area (Å²) in [5.41, 5.74) is 1.71. The van der Waals surface area contributed by atoms with E-state index in [4.69, 9.17) is 15.7 Å². The third-order valence-corrected chi connectivity index (χ3v) is 4.90. The van der Waals surface area contributed by atoms with Gasteiger partial charge in [0, 0.05) is 29.6 Å². The SMILES string of the molecule is CC(C)[C@@H](C)c1nc2n(c1CS(=O)(=O)Cl)CCCC2. The molecule has 2 heterocycles. The third-order valence-electron chi connectivity index (χ3n) is 3.96. The number of aromatic nitrogens is 2. The van der Waals surface area contributed by atoms with Crippen LogP contribution in [0, 0.1) is 5.92 Å². The maximum Gasteiger partial charge on any atom is 0.238 e. The zero-order valence-electron chi connectivity index (χ0n) is 11.7. The van der Waals surface area contributed by atoms with E-state index >= 15 is 0 Å². The summed E-state index contributed by atoms with van der Waals surface area (Å²) in [5.74, 6) is 1.57. The van der Waals surface area contributed by atoms with E-state index in [1.165, 1.54) is 0 Å². The number of nitrogens with zero attached hydrogens (tertiary/aromatic N) is 2. The minimum Gasteiger partial charge on any atom is -0.331 e. The highest BCUT2D eigenvalue weighted by atomic mass is 35.7. The molecule has 1 aliphatic heterocycles. The highest BCUT2D eigenvalue weighted by molar-refractivity contribution is 8.13. The van der Waals surface area contributed by atoms with Gasteiger partial charge in [0.05, 0.1) is 11.4 Å². The fourth-order valence-electron chi connectivity index (χ4n) is 2.56. The summed E-state index contributed by atoms with van der Waals surface area (Å²) in [6, 6.07) is 0. The van der Waals surface area contributed by atoms with Crippen molar-refractivity contribution in [2.24, 2.45) is 5.92 Å². The van der Waals surface area contributed by atoms with E-state index in [1.807, 2.05) is 0 Å². The van der Waals surface area contributed by atoms with E-state index < -0.39 is 9.05 Å². The molecule has 19 heavy (non-hydrogen) atoms. The average molecular weight is 305 g/mol. The number of rotatable bonds is 4. The van der Waals surface area contributed by atoms with Crippen LogP contribution in [0.3, 0.4) is 0 Å². The predicted octanol–water partition coefficient (Wildman–Crippen LogP) is 3.05. The normalized spacial score (nSPS) is 17.5. The molecule has 1 aromatic rings. The first-order valence-corrected chi connectivity index (χ1v) is 9.28. The van der Waals surface area contributed by atoms with E-state index in [2.05, 4.69) is 25.3 Å². The summed E-state index contributed by atoms with van der Waals surface area (Å²) in [6.45, 7) is 7.21. The molecular formula is C13H21ClN2O2S. The molecule has 0 spiro atoms. The van der Waals surface area contributed by atoms with Crippen LogP contribution in [0.5, 0.6) is 0 Å². The van der Waals surface area contributed by atoms with Crippen molar-refractivity contribution in [3.8, 4) is 0 Å². The summed E-state index contributed by atoms with van der Waals surface area (Å²) in [7, 11) is 1.90. The van der Waals surface area contributed by atoms with Crippen LogP contribution < -0.4 is 0 Å². The van der Waals surface area contributed by atoms with Crippen LogP contribution >= 0.6 is 10.7 Å². The van der Waals surface area contributed by atoms with Crippen LogP contribution in [0.1, 0.15) is 56.7 Å². The Balaban J connectivity index is 2.49.